The summed E-state index contributed by atoms with van der Waals surface area (Å²) >= 11 is 0. The van der Waals surface area contributed by atoms with Gasteiger partial charge in [0.15, 0.2) is 5.96 Å². The van der Waals surface area contributed by atoms with Crippen LogP contribution in [0.5, 0.6) is 0 Å². The number of halogens is 1. The van der Waals surface area contributed by atoms with E-state index in [9.17, 15) is 4.79 Å². The summed E-state index contributed by atoms with van der Waals surface area (Å²) in [6, 6.07) is 14.2. The summed E-state index contributed by atoms with van der Waals surface area (Å²) in [5.74, 6) is 0.700. The van der Waals surface area contributed by atoms with E-state index in [0.29, 0.717) is 6.54 Å². The minimum Gasteiger partial charge on any atom is -0.357 e. The van der Waals surface area contributed by atoms with E-state index in [1.165, 1.54) is 23.6 Å². The number of guanidine groups is 1. The zero-order chi connectivity index (χ0) is 18.9. The topological polar surface area (TPSA) is 65.5 Å². The Hall–Kier alpha value is -2.09. The van der Waals surface area contributed by atoms with Crippen LogP contribution in [0.25, 0.3) is 0 Å². The monoisotopic (exact) mass is 480 g/mol. The van der Waals surface area contributed by atoms with E-state index in [4.69, 9.17) is 0 Å². The molecule has 0 atom stereocenters. The maximum atomic E-state index is 11.2. The quantitative estimate of drug-likeness (QED) is 0.331. The molecular weight excluding hydrogens is 451 g/mol. The second kappa shape index (κ2) is 11.6. The van der Waals surface area contributed by atoms with Crippen molar-refractivity contribution < 1.29 is 4.79 Å². The molecule has 146 valence electrons. The van der Waals surface area contributed by atoms with Crippen molar-refractivity contribution >= 4 is 41.5 Å². The molecule has 0 radical (unpaired) electrons. The lowest BCUT2D eigenvalue weighted by Crippen LogP contribution is -2.36. The Bertz CT molecular complexity index is 790. The summed E-state index contributed by atoms with van der Waals surface area (Å²) in [4.78, 5) is 15.8. The molecule has 0 bridgehead atoms. The molecule has 2 rings (SSSR count). The van der Waals surface area contributed by atoms with E-state index in [0.717, 1.165) is 30.3 Å². The summed E-state index contributed by atoms with van der Waals surface area (Å²) in [7, 11) is 0. The smallest absolute Gasteiger partial charge is 0.221 e. The number of carbonyl (C=O) groups excluding carboxylic acids is 1. The first-order valence-corrected chi connectivity index (χ1v) is 8.92. The summed E-state index contributed by atoms with van der Waals surface area (Å²) in [5.41, 5.74) is 5.63. The molecule has 0 fully saturated rings. The highest BCUT2D eigenvalue weighted by atomic mass is 127. The number of aliphatic imine (C=N–C) groups is 1. The van der Waals surface area contributed by atoms with Crippen LogP contribution in [-0.4, -0.2) is 18.4 Å². The third kappa shape index (κ3) is 7.99. The molecule has 0 saturated carbocycles. The van der Waals surface area contributed by atoms with E-state index in [-0.39, 0.29) is 29.9 Å². The molecule has 3 N–H and O–H groups in total. The number of benzene rings is 2. The first-order chi connectivity index (χ1) is 12.5. The predicted molar refractivity (Wildman–Crippen MR) is 124 cm³/mol. The zero-order valence-electron chi connectivity index (χ0n) is 16.4. The van der Waals surface area contributed by atoms with Crippen LogP contribution in [0.15, 0.2) is 47.5 Å². The largest absolute Gasteiger partial charge is 0.357 e. The van der Waals surface area contributed by atoms with Gasteiger partial charge in [-0.2, -0.15) is 0 Å². The highest BCUT2D eigenvalue weighted by Gasteiger charge is 2.02. The van der Waals surface area contributed by atoms with E-state index in [1.807, 2.05) is 31.2 Å². The second-order valence-corrected chi connectivity index (χ2v) is 6.36. The van der Waals surface area contributed by atoms with Gasteiger partial charge in [-0.25, -0.2) is 4.99 Å². The summed E-state index contributed by atoms with van der Waals surface area (Å²) in [5, 5.41) is 9.45. The van der Waals surface area contributed by atoms with E-state index >= 15 is 0 Å². The fourth-order valence-corrected chi connectivity index (χ4v) is 2.69. The molecule has 27 heavy (non-hydrogen) atoms. The fourth-order valence-electron chi connectivity index (χ4n) is 2.69. The summed E-state index contributed by atoms with van der Waals surface area (Å²) < 4.78 is 0. The maximum Gasteiger partial charge on any atom is 0.221 e. The van der Waals surface area contributed by atoms with Crippen LogP contribution in [0.3, 0.4) is 0 Å². The van der Waals surface area contributed by atoms with Gasteiger partial charge in [-0.1, -0.05) is 35.9 Å². The molecule has 0 saturated heterocycles. The van der Waals surface area contributed by atoms with Gasteiger partial charge in [0.2, 0.25) is 5.91 Å². The number of hydrogen-bond donors (Lipinski definition) is 3. The number of carbonyl (C=O) groups is 1. The first kappa shape index (κ1) is 23.0. The van der Waals surface area contributed by atoms with Crippen LogP contribution in [0.2, 0.25) is 0 Å². The van der Waals surface area contributed by atoms with Crippen LogP contribution in [-0.2, 0) is 17.9 Å². The molecule has 6 heteroatoms. The van der Waals surface area contributed by atoms with Crippen LogP contribution < -0.4 is 16.0 Å². The number of rotatable bonds is 6. The standard InChI is InChI=1S/C21H28N4O.HI/c1-5-22-21(24-14-19-10-9-15(2)11-16(19)3)23-13-18-7-6-8-20(12-18)25-17(4)26;/h6-12H,5,13-14H2,1-4H3,(H,25,26)(H2,22,23,24);1H. The van der Waals surface area contributed by atoms with Crippen LogP contribution in [0, 0.1) is 13.8 Å². The van der Waals surface area contributed by atoms with Crippen molar-refractivity contribution in [2.45, 2.75) is 40.8 Å². The van der Waals surface area contributed by atoms with Crippen LogP contribution in [0.1, 0.15) is 36.1 Å². The van der Waals surface area contributed by atoms with Crippen molar-refractivity contribution in [1.29, 1.82) is 0 Å². The average Bonchev–Trinajstić information content (AvgIpc) is 2.58. The van der Waals surface area contributed by atoms with E-state index in [2.05, 4.69) is 53.0 Å². The second-order valence-electron chi connectivity index (χ2n) is 6.36. The number of nitrogens with one attached hydrogen (secondary N) is 3. The van der Waals surface area contributed by atoms with Gasteiger partial charge in [-0.3, -0.25) is 4.79 Å². The minimum atomic E-state index is -0.0749. The molecule has 5 nitrogen and oxygen atoms in total. The molecule has 0 aliphatic heterocycles. The zero-order valence-corrected chi connectivity index (χ0v) is 18.8. The number of aryl methyl sites for hydroxylation is 2. The van der Waals surface area contributed by atoms with Gasteiger partial charge in [-0.15, -0.1) is 24.0 Å². The molecule has 1 amide bonds. The SMILES string of the molecule is CCNC(=NCc1cccc(NC(C)=O)c1)NCc1ccc(C)cc1C.I. The van der Waals surface area contributed by atoms with Crippen molar-refractivity contribution in [3.63, 3.8) is 0 Å². The van der Waals surface area contributed by atoms with Gasteiger partial charge in [0, 0.05) is 25.7 Å². The number of hydrogen-bond acceptors (Lipinski definition) is 2. The van der Waals surface area contributed by atoms with Crippen LogP contribution in [0.4, 0.5) is 5.69 Å². The van der Waals surface area contributed by atoms with Gasteiger partial charge in [0.25, 0.3) is 0 Å². The first-order valence-electron chi connectivity index (χ1n) is 8.92. The molecule has 0 aromatic heterocycles. The third-order valence-corrected chi connectivity index (χ3v) is 3.96. The van der Waals surface area contributed by atoms with Gasteiger partial charge in [0.05, 0.1) is 6.54 Å². The maximum absolute atomic E-state index is 11.2. The Morgan fingerprint density at radius 2 is 1.85 bits per heavy atom. The third-order valence-electron chi connectivity index (χ3n) is 3.96. The normalized spacial score (nSPS) is 10.7. The summed E-state index contributed by atoms with van der Waals surface area (Å²) in [6.07, 6.45) is 0. The average molecular weight is 480 g/mol. The van der Waals surface area contributed by atoms with Crippen molar-refractivity contribution in [3.05, 3.63) is 64.7 Å². The molecule has 2 aromatic rings. The Morgan fingerprint density at radius 3 is 2.52 bits per heavy atom. The van der Waals surface area contributed by atoms with Gasteiger partial charge < -0.3 is 16.0 Å². The highest BCUT2D eigenvalue weighted by molar-refractivity contribution is 14.0. The molecule has 0 unspecified atom stereocenters. The number of nitrogens with zero attached hydrogens (tertiary/aromatic N) is 1. The number of amides is 1. The lowest BCUT2D eigenvalue weighted by atomic mass is 10.1. The molecule has 2 aromatic carbocycles. The lowest BCUT2D eigenvalue weighted by molar-refractivity contribution is -0.114. The number of anilines is 1. The molecule has 0 heterocycles. The van der Waals surface area contributed by atoms with Crippen LogP contribution >= 0.6 is 24.0 Å². The van der Waals surface area contributed by atoms with Gasteiger partial charge in [0.1, 0.15) is 0 Å². The Balaban J connectivity index is 0.00000364. The predicted octanol–water partition coefficient (Wildman–Crippen LogP) is 4.14. The van der Waals surface area contributed by atoms with Gasteiger partial charge in [-0.05, 0) is 49.6 Å². The molecule has 0 aliphatic rings. The van der Waals surface area contributed by atoms with Crippen molar-refractivity contribution in [2.75, 3.05) is 11.9 Å². The lowest BCUT2D eigenvalue weighted by Gasteiger charge is -2.13. The van der Waals surface area contributed by atoms with Crippen molar-refractivity contribution in [2.24, 2.45) is 4.99 Å². The molecule has 0 spiro atoms. The minimum absolute atomic E-state index is 0. The molecular formula is C21H29IN4O. The highest BCUT2D eigenvalue weighted by Crippen LogP contribution is 2.12. The summed E-state index contributed by atoms with van der Waals surface area (Å²) in [6.45, 7) is 9.84. The van der Waals surface area contributed by atoms with E-state index < -0.39 is 0 Å². The van der Waals surface area contributed by atoms with E-state index in [1.54, 1.807) is 0 Å². The Labute approximate surface area is 179 Å². The van der Waals surface area contributed by atoms with Crippen molar-refractivity contribution in [3.8, 4) is 0 Å². The Morgan fingerprint density at radius 1 is 1.07 bits per heavy atom. The Kier molecular flexibility index (Phi) is 9.85. The molecule has 0 aliphatic carbocycles. The van der Waals surface area contributed by atoms with Crippen molar-refractivity contribution in [1.82, 2.24) is 10.6 Å². The van der Waals surface area contributed by atoms with Gasteiger partial charge >= 0.3 is 0 Å². The fraction of sp³-hybridized carbons (Fsp3) is 0.333.